The maximum absolute atomic E-state index is 4.29. The maximum Gasteiger partial charge on any atom is 0.0656 e. The van der Waals surface area contributed by atoms with Crippen molar-refractivity contribution in [3.63, 3.8) is 0 Å². The van der Waals surface area contributed by atoms with Gasteiger partial charge in [-0.3, -0.25) is 5.10 Å². The Morgan fingerprint density at radius 2 is 2.46 bits per heavy atom. The lowest BCUT2D eigenvalue weighted by Crippen LogP contribution is -2.13. The number of hydrogen-bond acceptors (Lipinski definition) is 2. The zero-order valence-electron chi connectivity index (χ0n) is 8.14. The second-order valence-electron chi connectivity index (χ2n) is 3.77. The molecule has 72 valence electrons. The average molecular weight is 179 g/mol. The van der Waals surface area contributed by atoms with Crippen LogP contribution in [-0.4, -0.2) is 16.7 Å². The normalized spacial score (nSPS) is 16.4. The monoisotopic (exact) mass is 179 g/mol. The summed E-state index contributed by atoms with van der Waals surface area (Å²) >= 11 is 0. The van der Waals surface area contributed by atoms with Crippen LogP contribution in [0.2, 0.25) is 0 Å². The molecule has 0 amide bonds. The van der Waals surface area contributed by atoms with E-state index in [-0.39, 0.29) is 0 Å². The van der Waals surface area contributed by atoms with Crippen molar-refractivity contribution in [1.82, 2.24) is 15.5 Å². The Balaban J connectivity index is 1.82. The van der Waals surface area contributed by atoms with Gasteiger partial charge in [0.05, 0.1) is 5.69 Å². The first kappa shape index (κ1) is 8.75. The van der Waals surface area contributed by atoms with Crippen LogP contribution in [0.25, 0.3) is 0 Å². The van der Waals surface area contributed by atoms with Gasteiger partial charge >= 0.3 is 0 Å². The van der Waals surface area contributed by atoms with Gasteiger partial charge in [0, 0.05) is 18.2 Å². The van der Waals surface area contributed by atoms with E-state index in [1.54, 1.807) is 0 Å². The van der Waals surface area contributed by atoms with E-state index in [9.17, 15) is 0 Å². The van der Waals surface area contributed by atoms with Gasteiger partial charge in [-0.05, 0) is 31.9 Å². The van der Waals surface area contributed by atoms with E-state index < -0.39 is 0 Å². The Morgan fingerprint density at radius 3 is 3.15 bits per heavy atom. The molecule has 0 aliphatic heterocycles. The summed E-state index contributed by atoms with van der Waals surface area (Å²) < 4.78 is 0. The van der Waals surface area contributed by atoms with Crippen molar-refractivity contribution in [2.24, 2.45) is 0 Å². The Hall–Kier alpha value is -0.830. The maximum atomic E-state index is 4.29. The zero-order valence-corrected chi connectivity index (χ0v) is 8.14. The second kappa shape index (κ2) is 3.92. The summed E-state index contributed by atoms with van der Waals surface area (Å²) in [6.45, 7) is 4.18. The van der Waals surface area contributed by atoms with Crippen molar-refractivity contribution in [2.45, 2.75) is 38.6 Å². The first-order valence-electron chi connectivity index (χ1n) is 5.15. The third kappa shape index (κ3) is 2.31. The lowest BCUT2D eigenvalue weighted by molar-refractivity contribution is 0.662. The molecule has 1 aromatic heterocycles. The van der Waals surface area contributed by atoms with Gasteiger partial charge in [-0.25, -0.2) is 0 Å². The molecule has 0 bridgehead atoms. The van der Waals surface area contributed by atoms with Gasteiger partial charge in [-0.2, -0.15) is 5.10 Å². The number of H-pyrrole nitrogens is 1. The predicted molar refractivity (Wildman–Crippen MR) is 52.6 cm³/mol. The van der Waals surface area contributed by atoms with Gasteiger partial charge < -0.3 is 5.32 Å². The molecule has 1 aliphatic carbocycles. The summed E-state index contributed by atoms with van der Waals surface area (Å²) in [5.41, 5.74) is 2.48. The third-order valence-corrected chi connectivity index (χ3v) is 2.39. The lowest BCUT2D eigenvalue weighted by atomic mass is 10.2. The molecule has 0 unspecified atom stereocenters. The zero-order chi connectivity index (χ0) is 9.10. The van der Waals surface area contributed by atoms with Crippen LogP contribution in [0.1, 0.15) is 43.5 Å². The summed E-state index contributed by atoms with van der Waals surface area (Å²) in [6, 6.07) is 2.19. The van der Waals surface area contributed by atoms with Gasteiger partial charge in [0.15, 0.2) is 0 Å². The van der Waals surface area contributed by atoms with Crippen molar-refractivity contribution in [3.05, 3.63) is 17.5 Å². The van der Waals surface area contributed by atoms with Crippen LogP contribution in [0, 0.1) is 0 Å². The molecule has 2 N–H and O–H groups in total. The largest absolute Gasteiger partial charge is 0.311 e. The summed E-state index contributed by atoms with van der Waals surface area (Å²) in [5, 5.41) is 10.7. The van der Waals surface area contributed by atoms with Crippen LogP contribution in [0.3, 0.4) is 0 Å². The molecule has 1 heterocycles. The minimum Gasteiger partial charge on any atom is -0.311 e. The van der Waals surface area contributed by atoms with Crippen molar-refractivity contribution in [2.75, 3.05) is 6.54 Å². The van der Waals surface area contributed by atoms with Crippen LogP contribution in [-0.2, 0) is 6.54 Å². The Kier molecular flexibility index (Phi) is 2.64. The molecule has 0 aromatic carbocycles. The molecule has 1 aliphatic rings. The van der Waals surface area contributed by atoms with Gasteiger partial charge in [0.2, 0.25) is 0 Å². The molecule has 0 radical (unpaired) electrons. The first-order chi connectivity index (χ1) is 6.40. The average Bonchev–Trinajstić information content (AvgIpc) is 2.88. The summed E-state index contributed by atoms with van der Waals surface area (Å²) in [6.07, 6.45) is 3.84. The quantitative estimate of drug-likeness (QED) is 0.676. The minimum absolute atomic E-state index is 0.760. The smallest absolute Gasteiger partial charge is 0.0656 e. The van der Waals surface area contributed by atoms with Gasteiger partial charge in [0.1, 0.15) is 0 Å². The fraction of sp³-hybridized carbons (Fsp3) is 0.700. The fourth-order valence-corrected chi connectivity index (χ4v) is 1.46. The molecule has 0 atom stereocenters. The molecule has 1 aromatic rings. The topological polar surface area (TPSA) is 40.7 Å². The number of hydrogen-bond donors (Lipinski definition) is 2. The van der Waals surface area contributed by atoms with Crippen LogP contribution >= 0.6 is 0 Å². The van der Waals surface area contributed by atoms with E-state index in [0.717, 1.165) is 19.0 Å². The number of rotatable bonds is 5. The van der Waals surface area contributed by atoms with E-state index >= 15 is 0 Å². The molecular formula is C10H17N3. The third-order valence-electron chi connectivity index (χ3n) is 2.39. The molecule has 0 saturated heterocycles. The van der Waals surface area contributed by atoms with Gasteiger partial charge in [-0.15, -0.1) is 0 Å². The van der Waals surface area contributed by atoms with Crippen LogP contribution in [0.5, 0.6) is 0 Å². The number of aromatic nitrogens is 2. The standard InChI is InChI=1S/C10H17N3/c1-2-5-11-7-9-6-10(13-12-9)8-3-4-8/h6,8,11H,2-5,7H2,1H3,(H,12,13). The highest BCUT2D eigenvalue weighted by Gasteiger charge is 2.25. The van der Waals surface area contributed by atoms with E-state index in [4.69, 9.17) is 0 Å². The molecular weight excluding hydrogens is 162 g/mol. The number of aromatic amines is 1. The van der Waals surface area contributed by atoms with Crippen molar-refractivity contribution < 1.29 is 0 Å². The van der Waals surface area contributed by atoms with Crippen LogP contribution < -0.4 is 5.32 Å². The summed E-state index contributed by atoms with van der Waals surface area (Å²) in [4.78, 5) is 0. The van der Waals surface area contributed by atoms with Crippen molar-refractivity contribution >= 4 is 0 Å². The molecule has 3 nitrogen and oxygen atoms in total. The van der Waals surface area contributed by atoms with E-state index in [0.29, 0.717) is 0 Å². The molecule has 3 heteroatoms. The summed E-state index contributed by atoms with van der Waals surface area (Å²) in [5.74, 6) is 0.760. The van der Waals surface area contributed by atoms with Crippen molar-refractivity contribution in [3.8, 4) is 0 Å². The highest BCUT2D eigenvalue weighted by atomic mass is 15.1. The van der Waals surface area contributed by atoms with Gasteiger partial charge in [-0.1, -0.05) is 6.92 Å². The lowest BCUT2D eigenvalue weighted by Gasteiger charge is -1.97. The predicted octanol–water partition coefficient (Wildman–Crippen LogP) is 1.79. The number of nitrogens with one attached hydrogen (secondary N) is 2. The molecule has 13 heavy (non-hydrogen) atoms. The molecule has 2 rings (SSSR count). The Morgan fingerprint density at radius 1 is 1.62 bits per heavy atom. The summed E-state index contributed by atoms with van der Waals surface area (Å²) in [7, 11) is 0. The molecule has 1 saturated carbocycles. The minimum atomic E-state index is 0.760. The van der Waals surface area contributed by atoms with E-state index in [1.807, 2.05) is 0 Å². The first-order valence-corrected chi connectivity index (χ1v) is 5.15. The molecule has 1 fully saturated rings. The second-order valence-corrected chi connectivity index (χ2v) is 3.77. The van der Waals surface area contributed by atoms with E-state index in [2.05, 4.69) is 28.5 Å². The Labute approximate surface area is 78.9 Å². The number of nitrogens with zero attached hydrogens (tertiary/aromatic N) is 1. The van der Waals surface area contributed by atoms with Gasteiger partial charge in [0.25, 0.3) is 0 Å². The Bertz CT molecular complexity index is 263. The fourth-order valence-electron chi connectivity index (χ4n) is 1.46. The molecule has 0 spiro atoms. The van der Waals surface area contributed by atoms with E-state index in [1.165, 1.54) is 30.7 Å². The van der Waals surface area contributed by atoms with Crippen molar-refractivity contribution in [1.29, 1.82) is 0 Å². The SMILES string of the molecule is CCCNCc1cc(C2CC2)n[nH]1. The highest BCUT2D eigenvalue weighted by Crippen LogP contribution is 2.38. The van der Waals surface area contributed by atoms with Crippen LogP contribution in [0.4, 0.5) is 0 Å². The highest BCUT2D eigenvalue weighted by molar-refractivity contribution is 5.17. The van der Waals surface area contributed by atoms with Crippen LogP contribution in [0.15, 0.2) is 6.07 Å².